The fourth-order valence-electron chi connectivity index (χ4n) is 2.14. The van der Waals surface area contributed by atoms with Crippen molar-refractivity contribution in [3.8, 4) is 0 Å². The van der Waals surface area contributed by atoms with E-state index in [-0.39, 0.29) is 22.7 Å². The highest BCUT2D eigenvalue weighted by molar-refractivity contribution is 7.91. The summed E-state index contributed by atoms with van der Waals surface area (Å²) in [5, 5.41) is 6.52. The van der Waals surface area contributed by atoms with Gasteiger partial charge in [0, 0.05) is 18.5 Å². The van der Waals surface area contributed by atoms with Crippen molar-refractivity contribution in [1.29, 1.82) is 0 Å². The van der Waals surface area contributed by atoms with Crippen LogP contribution >= 0.6 is 22.7 Å². The van der Waals surface area contributed by atoms with Crippen LogP contribution in [0.15, 0.2) is 39.2 Å². The number of amides is 1. The van der Waals surface area contributed by atoms with Crippen LogP contribution in [0.1, 0.15) is 10.9 Å². The van der Waals surface area contributed by atoms with Gasteiger partial charge in [0.05, 0.1) is 12.6 Å². The Morgan fingerprint density at radius 2 is 1.83 bits per heavy atom. The van der Waals surface area contributed by atoms with E-state index in [2.05, 4.69) is 5.32 Å². The van der Waals surface area contributed by atoms with Gasteiger partial charge in [0.1, 0.15) is 4.21 Å². The van der Waals surface area contributed by atoms with Gasteiger partial charge in [-0.05, 0) is 37.0 Å². The molecule has 0 aliphatic rings. The third-order valence-electron chi connectivity index (χ3n) is 3.51. The number of nitrogens with one attached hydrogen (secondary N) is 1. The van der Waals surface area contributed by atoms with Crippen molar-refractivity contribution in [3.05, 3.63) is 39.9 Å². The second-order valence-corrected chi connectivity index (χ2v) is 9.69. The molecule has 2 aromatic heterocycles. The maximum absolute atomic E-state index is 12.3. The highest BCUT2D eigenvalue weighted by atomic mass is 32.2. The average molecular weight is 388 g/mol. The molecule has 2 heterocycles. The molecule has 132 valence electrons. The molecule has 0 aliphatic heterocycles. The van der Waals surface area contributed by atoms with Crippen molar-refractivity contribution in [1.82, 2.24) is 14.5 Å². The molecule has 0 spiro atoms. The van der Waals surface area contributed by atoms with E-state index in [1.165, 1.54) is 13.1 Å². The SMILES string of the molecule is CN(C)C(CNC(=O)CN(C)S(=O)(=O)c1cccs1)c1cccs1. The molecule has 0 bridgehead atoms. The number of carbonyl (C=O) groups is 1. The highest BCUT2D eigenvalue weighted by Gasteiger charge is 2.24. The first-order chi connectivity index (χ1) is 11.3. The minimum absolute atomic E-state index is 0.0631. The first-order valence-electron chi connectivity index (χ1n) is 7.28. The number of sulfonamides is 1. The Bertz CT molecular complexity index is 740. The molecule has 0 aliphatic carbocycles. The summed E-state index contributed by atoms with van der Waals surface area (Å²) in [5.74, 6) is -0.318. The van der Waals surface area contributed by atoms with Gasteiger partial charge in [-0.3, -0.25) is 4.79 Å². The summed E-state index contributed by atoms with van der Waals surface area (Å²) in [6.07, 6.45) is 0. The van der Waals surface area contributed by atoms with E-state index in [1.807, 2.05) is 36.5 Å². The van der Waals surface area contributed by atoms with Crippen LogP contribution in [0.2, 0.25) is 0 Å². The first kappa shape index (κ1) is 19.1. The number of hydrogen-bond donors (Lipinski definition) is 1. The average Bonchev–Trinajstić information content (AvgIpc) is 3.20. The molecule has 0 saturated carbocycles. The summed E-state index contributed by atoms with van der Waals surface area (Å²) in [5.41, 5.74) is 0. The lowest BCUT2D eigenvalue weighted by Crippen LogP contribution is -2.41. The molecule has 6 nitrogen and oxygen atoms in total. The van der Waals surface area contributed by atoms with Gasteiger partial charge < -0.3 is 10.2 Å². The Kier molecular flexibility index (Phi) is 6.53. The molecular formula is C15H21N3O3S3. The smallest absolute Gasteiger partial charge is 0.252 e. The Morgan fingerprint density at radius 3 is 2.38 bits per heavy atom. The molecule has 24 heavy (non-hydrogen) atoms. The van der Waals surface area contributed by atoms with Gasteiger partial charge in [-0.1, -0.05) is 12.1 Å². The van der Waals surface area contributed by atoms with E-state index < -0.39 is 10.0 Å². The molecule has 1 unspecified atom stereocenters. The monoisotopic (exact) mass is 387 g/mol. The van der Waals surface area contributed by atoms with E-state index in [1.54, 1.807) is 22.8 Å². The number of thiophene rings is 2. The fourth-order valence-corrected chi connectivity index (χ4v) is 5.39. The third-order valence-corrected chi connectivity index (χ3v) is 7.66. The van der Waals surface area contributed by atoms with Gasteiger partial charge in [-0.2, -0.15) is 4.31 Å². The van der Waals surface area contributed by atoms with Crippen molar-refractivity contribution in [2.24, 2.45) is 0 Å². The number of nitrogens with zero attached hydrogens (tertiary/aromatic N) is 2. The Balaban J connectivity index is 1.93. The quantitative estimate of drug-likeness (QED) is 0.750. The van der Waals surface area contributed by atoms with Crippen LogP contribution in [0.5, 0.6) is 0 Å². The molecule has 1 amide bonds. The summed E-state index contributed by atoms with van der Waals surface area (Å²) < 4.78 is 25.9. The van der Waals surface area contributed by atoms with E-state index in [0.29, 0.717) is 6.54 Å². The lowest BCUT2D eigenvalue weighted by atomic mass is 10.2. The largest absolute Gasteiger partial charge is 0.353 e. The molecule has 0 fully saturated rings. The fraction of sp³-hybridized carbons (Fsp3) is 0.400. The molecule has 1 atom stereocenters. The predicted octanol–water partition coefficient (Wildman–Crippen LogP) is 1.85. The molecule has 0 saturated heterocycles. The third kappa shape index (κ3) is 4.64. The number of likely N-dealkylation sites (N-methyl/N-ethyl adjacent to an activating group) is 2. The van der Waals surface area contributed by atoms with Crippen LogP contribution in [0.25, 0.3) is 0 Å². The maximum Gasteiger partial charge on any atom is 0.252 e. The standard InChI is InChI=1S/C15H21N3O3S3/c1-17(2)12(13-6-4-8-22-13)10-16-14(19)11-18(3)24(20,21)15-7-5-9-23-15/h4-9,12H,10-11H2,1-3H3,(H,16,19). The molecule has 0 radical (unpaired) electrons. The lowest BCUT2D eigenvalue weighted by Gasteiger charge is -2.24. The minimum atomic E-state index is -3.61. The van der Waals surface area contributed by atoms with Crippen LogP contribution in [-0.2, 0) is 14.8 Å². The summed E-state index contributed by atoms with van der Waals surface area (Å²) in [4.78, 5) is 15.3. The van der Waals surface area contributed by atoms with E-state index in [9.17, 15) is 13.2 Å². The van der Waals surface area contributed by atoms with Gasteiger partial charge >= 0.3 is 0 Å². The number of carbonyl (C=O) groups excluding carboxylic acids is 1. The van der Waals surface area contributed by atoms with Gasteiger partial charge in [0.15, 0.2) is 0 Å². The van der Waals surface area contributed by atoms with E-state index in [4.69, 9.17) is 0 Å². The van der Waals surface area contributed by atoms with Gasteiger partial charge in [-0.25, -0.2) is 8.42 Å². The highest BCUT2D eigenvalue weighted by Crippen LogP contribution is 2.22. The van der Waals surface area contributed by atoms with Crippen molar-refractivity contribution in [2.45, 2.75) is 10.3 Å². The Morgan fingerprint density at radius 1 is 1.17 bits per heavy atom. The number of rotatable bonds is 8. The molecule has 2 aromatic rings. The maximum atomic E-state index is 12.3. The second-order valence-electron chi connectivity index (χ2n) is 5.49. The summed E-state index contributed by atoms with van der Waals surface area (Å²) in [6.45, 7) is 0.226. The number of hydrogen-bond acceptors (Lipinski definition) is 6. The Labute approximate surface area is 150 Å². The van der Waals surface area contributed by atoms with Crippen LogP contribution in [0.4, 0.5) is 0 Å². The normalized spacial score (nSPS) is 13.4. The van der Waals surface area contributed by atoms with E-state index in [0.717, 1.165) is 20.5 Å². The molecule has 2 rings (SSSR count). The van der Waals surface area contributed by atoms with Crippen molar-refractivity contribution >= 4 is 38.6 Å². The molecular weight excluding hydrogens is 366 g/mol. The zero-order valence-corrected chi connectivity index (χ0v) is 16.2. The van der Waals surface area contributed by atoms with Gasteiger partial charge in [0.25, 0.3) is 10.0 Å². The second kappa shape index (κ2) is 8.21. The molecule has 0 aromatic carbocycles. The molecule has 1 N–H and O–H groups in total. The predicted molar refractivity (Wildman–Crippen MR) is 97.9 cm³/mol. The topological polar surface area (TPSA) is 69.7 Å². The van der Waals surface area contributed by atoms with Crippen LogP contribution in [0, 0.1) is 0 Å². The Hall–Kier alpha value is -1.26. The van der Waals surface area contributed by atoms with Gasteiger partial charge in [0.2, 0.25) is 5.91 Å². The van der Waals surface area contributed by atoms with Crippen LogP contribution < -0.4 is 5.32 Å². The summed E-state index contributed by atoms with van der Waals surface area (Å²) in [6, 6.07) is 7.27. The van der Waals surface area contributed by atoms with Crippen LogP contribution in [0.3, 0.4) is 0 Å². The lowest BCUT2D eigenvalue weighted by molar-refractivity contribution is -0.121. The van der Waals surface area contributed by atoms with Crippen LogP contribution in [-0.4, -0.2) is 57.8 Å². The van der Waals surface area contributed by atoms with Crippen molar-refractivity contribution in [2.75, 3.05) is 34.2 Å². The van der Waals surface area contributed by atoms with Crippen molar-refractivity contribution in [3.63, 3.8) is 0 Å². The molecule has 9 heteroatoms. The van der Waals surface area contributed by atoms with E-state index >= 15 is 0 Å². The zero-order chi connectivity index (χ0) is 17.7. The van der Waals surface area contributed by atoms with Gasteiger partial charge in [-0.15, -0.1) is 22.7 Å². The summed E-state index contributed by atoms with van der Waals surface area (Å²) >= 11 is 2.77. The summed E-state index contributed by atoms with van der Waals surface area (Å²) in [7, 11) is 1.70. The first-order valence-corrected chi connectivity index (χ1v) is 10.5. The minimum Gasteiger partial charge on any atom is -0.353 e. The van der Waals surface area contributed by atoms with Crippen molar-refractivity contribution < 1.29 is 13.2 Å². The zero-order valence-electron chi connectivity index (χ0n) is 13.8.